The van der Waals surface area contributed by atoms with Gasteiger partial charge in [-0.2, -0.15) is 0 Å². The molecule has 1 amide bonds. The van der Waals surface area contributed by atoms with Gasteiger partial charge in [0.2, 0.25) is 0 Å². The number of rotatable bonds is 4. The first-order chi connectivity index (χ1) is 12.5. The Kier molecular flexibility index (Phi) is 5.27. The number of hydrogen-bond acceptors (Lipinski definition) is 4. The smallest absolute Gasteiger partial charge is 0.272 e. The lowest BCUT2D eigenvalue weighted by Gasteiger charge is -2.36. The summed E-state index contributed by atoms with van der Waals surface area (Å²) in [5.41, 5.74) is 1.67. The van der Waals surface area contributed by atoms with Crippen molar-refractivity contribution in [1.82, 2.24) is 10.2 Å². The van der Waals surface area contributed by atoms with Crippen molar-refractivity contribution in [1.29, 1.82) is 0 Å². The maximum Gasteiger partial charge on any atom is 0.272 e. The number of nitrogens with one attached hydrogen (secondary N) is 1. The van der Waals surface area contributed by atoms with Crippen LogP contribution in [0.4, 0.5) is 10.1 Å². The Hall–Kier alpha value is -2.80. The first kappa shape index (κ1) is 18.0. The fourth-order valence-electron chi connectivity index (χ4n) is 3.17. The Morgan fingerprint density at radius 3 is 2.65 bits per heavy atom. The molecular formula is C19H20FN3O3. The van der Waals surface area contributed by atoms with E-state index >= 15 is 0 Å². The van der Waals surface area contributed by atoms with E-state index in [1.807, 2.05) is 24.3 Å². The van der Waals surface area contributed by atoms with E-state index < -0.39 is 16.6 Å². The van der Waals surface area contributed by atoms with Crippen LogP contribution in [0.1, 0.15) is 34.5 Å². The number of hydrogen-bond donors (Lipinski definition) is 1. The van der Waals surface area contributed by atoms with E-state index in [9.17, 15) is 19.3 Å². The molecule has 6 nitrogen and oxygen atoms in total. The van der Waals surface area contributed by atoms with Gasteiger partial charge in [0.1, 0.15) is 5.82 Å². The monoisotopic (exact) mass is 357 g/mol. The summed E-state index contributed by atoms with van der Waals surface area (Å²) in [4.78, 5) is 24.6. The summed E-state index contributed by atoms with van der Waals surface area (Å²) in [6, 6.07) is 11.0. The zero-order valence-electron chi connectivity index (χ0n) is 14.4. The average Bonchev–Trinajstić information content (AvgIpc) is 2.67. The number of benzene rings is 2. The van der Waals surface area contributed by atoms with E-state index in [4.69, 9.17) is 0 Å². The molecule has 26 heavy (non-hydrogen) atoms. The van der Waals surface area contributed by atoms with E-state index in [2.05, 4.69) is 12.2 Å². The predicted molar refractivity (Wildman–Crippen MR) is 95.5 cm³/mol. The maximum absolute atomic E-state index is 14.3. The van der Waals surface area contributed by atoms with E-state index in [0.29, 0.717) is 19.6 Å². The van der Waals surface area contributed by atoms with Crippen molar-refractivity contribution < 1.29 is 14.1 Å². The van der Waals surface area contributed by atoms with Gasteiger partial charge in [0.15, 0.2) is 0 Å². The fraction of sp³-hybridized carbons (Fsp3) is 0.316. The SMILES string of the molecule is CCc1ccc(C2CNCCN2C(=O)c2ccc([N+](=O)[O-])cc2F)cc1. The third-order valence-corrected chi connectivity index (χ3v) is 4.67. The van der Waals surface area contributed by atoms with Crippen molar-refractivity contribution in [2.24, 2.45) is 0 Å². The summed E-state index contributed by atoms with van der Waals surface area (Å²) in [6.07, 6.45) is 0.930. The Balaban J connectivity index is 1.89. The third-order valence-electron chi connectivity index (χ3n) is 4.67. The molecule has 0 bridgehead atoms. The standard InChI is InChI=1S/C19H20FN3O3/c1-2-13-3-5-14(6-4-13)18-12-21-9-10-22(18)19(24)16-8-7-15(23(25)26)11-17(16)20/h3-8,11,18,21H,2,9-10,12H2,1H3. The summed E-state index contributed by atoms with van der Waals surface area (Å²) in [7, 11) is 0. The van der Waals surface area contributed by atoms with E-state index in [-0.39, 0.29) is 17.3 Å². The van der Waals surface area contributed by atoms with Crippen molar-refractivity contribution in [3.8, 4) is 0 Å². The van der Waals surface area contributed by atoms with E-state index in [0.717, 1.165) is 24.1 Å². The lowest BCUT2D eigenvalue weighted by atomic mass is 10.00. The molecule has 0 saturated carbocycles. The maximum atomic E-state index is 14.3. The van der Waals surface area contributed by atoms with Crippen LogP contribution in [-0.2, 0) is 6.42 Å². The molecule has 0 spiro atoms. The van der Waals surface area contributed by atoms with Gasteiger partial charge >= 0.3 is 0 Å². The number of amides is 1. The molecule has 1 atom stereocenters. The first-order valence-electron chi connectivity index (χ1n) is 8.55. The number of aryl methyl sites for hydroxylation is 1. The molecule has 1 fully saturated rings. The van der Waals surface area contributed by atoms with Crippen LogP contribution in [0.5, 0.6) is 0 Å². The van der Waals surface area contributed by atoms with Crippen LogP contribution < -0.4 is 5.32 Å². The average molecular weight is 357 g/mol. The number of piperazine rings is 1. The second-order valence-electron chi connectivity index (χ2n) is 6.23. The molecular weight excluding hydrogens is 337 g/mol. The Morgan fingerprint density at radius 2 is 2.04 bits per heavy atom. The highest BCUT2D eigenvalue weighted by molar-refractivity contribution is 5.95. The minimum absolute atomic E-state index is 0.146. The molecule has 0 radical (unpaired) electrons. The number of nitro benzene ring substituents is 1. The van der Waals surface area contributed by atoms with Crippen molar-refractivity contribution in [2.75, 3.05) is 19.6 Å². The van der Waals surface area contributed by atoms with Gasteiger partial charge in [-0.3, -0.25) is 14.9 Å². The van der Waals surface area contributed by atoms with E-state index in [1.54, 1.807) is 4.90 Å². The Labute approximate surface area is 150 Å². The van der Waals surface area contributed by atoms with Crippen molar-refractivity contribution in [3.63, 3.8) is 0 Å². The number of carbonyl (C=O) groups excluding carboxylic acids is 1. The predicted octanol–water partition coefficient (Wildman–Crippen LogP) is 3.08. The highest BCUT2D eigenvalue weighted by Gasteiger charge is 2.30. The lowest BCUT2D eigenvalue weighted by molar-refractivity contribution is -0.385. The molecule has 0 aliphatic carbocycles. The molecule has 1 aliphatic heterocycles. The molecule has 136 valence electrons. The fourth-order valence-corrected chi connectivity index (χ4v) is 3.17. The second kappa shape index (κ2) is 7.61. The summed E-state index contributed by atoms with van der Waals surface area (Å²) >= 11 is 0. The number of carbonyl (C=O) groups is 1. The second-order valence-corrected chi connectivity index (χ2v) is 6.23. The van der Waals surface area contributed by atoms with Crippen LogP contribution in [0, 0.1) is 15.9 Å². The van der Waals surface area contributed by atoms with Crippen molar-refractivity contribution in [3.05, 3.63) is 75.1 Å². The van der Waals surface area contributed by atoms with Crippen molar-refractivity contribution >= 4 is 11.6 Å². The largest absolute Gasteiger partial charge is 0.329 e. The minimum atomic E-state index is -0.872. The van der Waals surface area contributed by atoms with Gasteiger partial charge in [0.05, 0.1) is 22.6 Å². The Bertz CT molecular complexity index is 823. The summed E-state index contributed by atoms with van der Waals surface area (Å²) in [5, 5.41) is 14.0. The minimum Gasteiger partial charge on any atom is -0.329 e. The highest BCUT2D eigenvalue weighted by atomic mass is 19.1. The van der Waals surface area contributed by atoms with Crippen LogP contribution in [0.25, 0.3) is 0 Å². The van der Waals surface area contributed by atoms with Crippen LogP contribution in [-0.4, -0.2) is 35.4 Å². The molecule has 1 heterocycles. The number of nitrogens with zero attached hydrogens (tertiary/aromatic N) is 2. The number of nitro groups is 1. The highest BCUT2D eigenvalue weighted by Crippen LogP contribution is 2.26. The summed E-state index contributed by atoms with van der Waals surface area (Å²) in [5.74, 6) is -1.33. The molecule has 2 aromatic rings. The lowest BCUT2D eigenvalue weighted by Crippen LogP contribution is -2.48. The molecule has 2 aromatic carbocycles. The molecule has 1 aliphatic rings. The normalized spacial score (nSPS) is 17.2. The number of non-ortho nitro benzene ring substituents is 1. The summed E-state index contributed by atoms with van der Waals surface area (Å²) < 4.78 is 14.3. The Morgan fingerprint density at radius 1 is 1.31 bits per heavy atom. The van der Waals surface area contributed by atoms with Gasteiger partial charge in [0, 0.05) is 25.7 Å². The van der Waals surface area contributed by atoms with Gasteiger partial charge in [-0.05, 0) is 23.6 Å². The molecule has 3 rings (SSSR count). The zero-order valence-corrected chi connectivity index (χ0v) is 14.4. The molecule has 1 unspecified atom stereocenters. The zero-order chi connectivity index (χ0) is 18.7. The first-order valence-corrected chi connectivity index (χ1v) is 8.55. The summed E-state index contributed by atoms with van der Waals surface area (Å²) in [6.45, 7) is 3.70. The van der Waals surface area contributed by atoms with Gasteiger partial charge < -0.3 is 10.2 Å². The third kappa shape index (κ3) is 3.57. The van der Waals surface area contributed by atoms with Crippen LogP contribution >= 0.6 is 0 Å². The quantitative estimate of drug-likeness (QED) is 0.674. The molecule has 0 aromatic heterocycles. The van der Waals surface area contributed by atoms with Gasteiger partial charge in [-0.25, -0.2) is 4.39 Å². The number of halogens is 1. The van der Waals surface area contributed by atoms with Crippen LogP contribution in [0.2, 0.25) is 0 Å². The van der Waals surface area contributed by atoms with Gasteiger partial charge in [-0.1, -0.05) is 31.2 Å². The molecule has 1 saturated heterocycles. The molecule has 1 N–H and O–H groups in total. The molecule has 7 heteroatoms. The van der Waals surface area contributed by atoms with Crippen LogP contribution in [0.15, 0.2) is 42.5 Å². The topological polar surface area (TPSA) is 75.5 Å². The van der Waals surface area contributed by atoms with Crippen LogP contribution in [0.3, 0.4) is 0 Å². The van der Waals surface area contributed by atoms with E-state index in [1.165, 1.54) is 11.6 Å². The van der Waals surface area contributed by atoms with Gasteiger partial charge in [0.25, 0.3) is 11.6 Å². The van der Waals surface area contributed by atoms with Crippen molar-refractivity contribution in [2.45, 2.75) is 19.4 Å². The van der Waals surface area contributed by atoms with Gasteiger partial charge in [-0.15, -0.1) is 0 Å².